The molecule has 0 atom stereocenters. The van der Waals surface area contributed by atoms with Crippen LogP contribution in [0.1, 0.15) is 22.5 Å². The average Bonchev–Trinajstić information content (AvgIpc) is 2.92. The SMILES string of the molecule is O=C(CCCOc1ccc(Cl)c(Cl)c1)c1cccs1. The maximum absolute atomic E-state index is 11.7. The smallest absolute Gasteiger partial charge is 0.172 e. The van der Waals surface area contributed by atoms with Gasteiger partial charge in [-0.2, -0.15) is 0 Å². The summed E-state index contributed by atoms with van der Waals surface area (Å²) in [6.07, 6.45) is 1.17. The van der Waals surface area contributed by atoms with Crippen LogP contribution in [0.2, 0.25) is 10.0 Å². The van der Waals surface area contributed by atoms with Gasteiger partial charge in [0, 0.05) is 12.5 Å². The van der Waals surface area contributed by atoms with Crippen LogP contribution in [0.4, 0.5) is 0 Å². The predicted octanol–water partition coefficient (Wildman–Crippen LogP) is 5.10. The van der Waals surface area contributed by atoms with Gasteiger partial charge in [0.1, 0.15) is 5.75 Å². The third-order valence-electron chi connectivity index (χ3n) is 2.50. The molecule has 100 valence electrons. The van der Waals surface area contributed by atoms with Crippen molar-refractivity contribution in [1.29, 1.82) is 0 Å². The molecule has 0 aliphatic heterocycles. The van der Waals surface area contributed by atoms with Gasteiger partial charge in [-0.1, -0.05) is 29.3 Å². The molecule has 0 saturated heterocycles. The first kappa shape index (κ1) is 14.4. The number of halogens is 2. The minimum atomic E-state index is 0.160. The molecule has 2 rings (SSSR count). The molecule has 0 amide bonds. The minimum Gasteiger partial charge on any atom is -0.494 e. The first-order chi connectivity index (χ1) is 9.16. The first-order valence-corrected chi connectivity index (χ1v) is 7.45. The van der Waals surface area contributed by atoms with Crippen LogP contribution in [0.15, 0.2) is 35.7 Å². The Hall–Kier alpha value is -1.03. The number of hydrogen-bond acceptors (Lipinski definition) is 3. The Balaban J connectivity index is 1.75. The highest BCUT2D eigenvalue weighted by atomic mass is 35.5. The molecule has 0 saturated carbocycles. The highest BCUT2D eigenvalue weighted by molar-refractivity contribution is 7.12. The molecule has 1 aromatic carbocycles. The molecule has 0 aliphatic carbocycles. The Morgan fingerprint density at radius 2 is 2.05 bits per heavy atom. The van der Waals surface area contributed by atoms with Crippen molar-refractivity contribution >= 4 is 40.3 Å². The molecule has 0 N–H and O–H groups in total. The predicted molar refractivity (Wildman–Crippen MR) is 79.8 cm³/mol. The lowest BCUT2D eigenvalue weighted by Crippen LogP contribution is -2.02. The highest BCUT2D eigenvalue weighted by Gasteiger charge is 2.06. The fraction of sp³-hybridized carbons (Fsp3) is 0.214. The Morgan fingerprint density at radius 3 is 2.74 bits per heavy atom. The van der Waals surface area contributed by atoms with Gasteiger partial charge in [0.25, 0.3) is 0 Å². The molecule has 1 aromatic heterocycles. The Bertz CT molecular complexity index is 553. The van der Waals surface area contributed by atoms with Crippen LogP contribution in [0.25, 0.3) is 0 Å². The van der Waals surface area contributed by atoms with Crippen LogP contribution in [-0.4, -0.2) is 12.4 Å². The van der Waals surface area contributed by atoms with Crippen LogP contribution in [0.3, 0.4) is 0 Å². The Morgan fingerprint density at radius 1 is 1.21 bits per heavy atom. The summed E-state index contributed by atoms with van der Waals surface area (Å²) in [5, 5.41) is 2.87. The Kier molecular flexibility index (Phi) is 5.25. The maximum atomic E-state index is 11.7. The molecule has 19 heavy (non-hydrogen) atoms. The molecule has 0 bridgehead atoms. The van der Waals surface area contributed by atoms with E-state index < -0.39 is 0 Å². The number of ketones is 1. The number of benzene rings is 1. The van der Waals surface area contributed by atoms with Gasteiger partial charge in [0.05, 0.1) is 21.5 Å². The lowest BCUT2D eigenvalue weighted by molar-refractivity contribution is 0.0977. The van der Waals surface area contributed by atoms with Gasteiger partial charge in [0.15, 0.2) is 5.78 Å². The minimum absolute atomic E-state index is 0.160. The van der Waals surface area contributed by atoms with Gasteiger partial charge in [-0.15, -0.1) is 11.3 Å². The molecule has 1 heterocycles. The van der Waals surface area contributed by atoms with Gasteiger partial charge in [0.2, 0.25) is 0 Å². The molecule has 2 nitrogen and oxygen atoms in total. The van der Waals surface area contributed by atoms with Crippen molar-refractivity contribution in [3.63, 3.8) is 0 Å². The number of Topliss-reactive ketones (excluding diaryl/α,β-unsaturated/α-hetero) is 1. The zero-order valence-corrected chi connectivity index (χ0v) is 12.4. The molecule has 2 aromatic rings. The maximum Gasteiger partial charge on any atom is 0.172 e. The van der Waals surface area contributed by atoms with Crippen LogP contribution >= 0.6 is 34.5 Å². The van der Waals surface area contributed by atoms with E-state index in [1.807, 2.05) is 17.5 Å². The van der Waals surface area contributed by atoms with Crippen LogP contribution < -0.4 is 4.74 Å². The average molecular weight is 315 g/mol. The summed E-state index contributed by atoms with van der Waals surface area (Å²) in [5.41, 5.74) is 0. The molecule has 0 fully saturated rings. The van der Waals surface area contributed by atoms with Gasteiger partial charge >= 0.3 is 0 Å². The summed E-state index contributed by atoms with van der Waals surface area (Å²) in [6.45, 7) is 0.481. The second-order valence-electron chi connectivity index (χ2n) is 3.93. The highest BCUT2D eigenvalue weighted by Crippen LogP contribution is 2.26. The molecule has 0 spiro atoms. The topological polar surface area (TPSA) is 26.3 Å². The number of carbonyl (C=O) groups is 1. The van der Waals surface area contributed by atoms with E-state index in [1.54, 1.807) is 18.2 Å². The Labute approximate surface area is 125 Å². The van der Waals surface area contributed by atoms with Crippen LogP contribution in [-0.2, 0) is 0 Å². The van der Waals surface area contributed by atoms with Crippen molar-refractivity contribution < 1.29 is 9.53 Å². The van der Waals surface area contributed by atoms with Crippen molar-refractivity contribution in [3.8, 4) is 5.75 Å². The molecular formula is C14H12Cl2O2S. The van der Waals surface area contributed by atoms with Gasteiger partial charge in [-0.3, -0.25) is 4.79 Å². The van der Waals surface area contributed by atoms with Gasteiger partial charge in [-0.25, -0.2) is 0 Å². The van der Waals surface area contributed by atoms with E-state index in [0.717, 1.165) is 4.88 Å². The number of hydrogen-bond donors (Lipinski definition) is 0. The number of rotatable bonds is 6. The third kappa shape index (κ3) is 4.23. The lowest BCUT2D eigenvalue weighted by Gasteiger charge is -2.06. The van der Waals surface area contributed by atoms with E-state index in [1.165, 1.54) is 11.3 Å². The summed E-state index contributed by atoms with van der Waals surface area (Å²) >= 11 is 13.2. The van der Waals surface area contributed by atoms with E-state index in [0.29, 0.717) is 35.2 Å². The fourth-order valence-corrected chi connectivity index (χ4v) is 2.53. The van der Waals surface area contributed by atoms with Crippen molar-refractivity contribution in [1.82, 2.24) is 0 Å². The number of thiophene rings is 1. The number of carbonyl (C=O) groups excluding carboxylic acids is 1. The second-order valence-corrected chi connectivity index (χ2v) is 5.69. The molecule has 0 radical (unpaired) electrons. The molecule has 0 aliphatic rings. The molecular weight excluding hydrogens is 303 g/mol. The summed E-state index contributed by atoms with van der Waals surface area (Å²) in [6, 6.07) is 8.84. The van der Waals surface area contributed by atoms with Gasteiger partial charge < -0.3 is 4.74 Å². The summed E-state index contributed by atoms with van der Waals surface area (Å²) in [5.74, 6) is 0.825. The summed E-state index contributed by atoms with van der Waals surface area (Å²) in [7, 11) is 0. The monoisotopic (exact) mass is 314 g/mol. The van der Waals surface area contributed by atoms with Crippen molar-refractivity contribution in [2.24, 2.45) is 0 Å². The largest absolute Gasteiger partial charge is 0.494 e. The van der Waals surface area contributed by atoms with Crippen molar-refractivity contribution in [2.75, 3.05) is 6.61 Å². The summed E-state index contributed by atoms with van der Waals surface area (Å²) in [4.78, 5) is 12.5. The molecule has 0 unspecified atom stereocenters. The zero-order chi connectivity index (χ0) is 13.7. The third-order valence-corrected chi connectivity index (χ3v) is 4.15. The lowest BCUT2D eigenvalue weighted by atomic mass is 10.2. The van der Waals surface area contributed by atoms with Crippen LogP contribution in [0.5, 0.6) is 5.75 Å². The zero-order valence-electron chi connectivity index (χ0n) is 10.1. The standard InChI is InChI=1S/C14H12Cl2O2S/c15-11-6-5-10(9-12(11)16)18-7-1-3-13(17)14-4-2-8-19-14/h2,4-6,8-9H,1,3,7H2. The van der Waals surface area contributed by atoms with Gasteiger partial charge in [-0.05, 0) is 30.0 Å². The van der Waals surface area contributed by atoms with E-state index in [-0.39, 0.29) is 5.78 Å². The molecule has 5 heteroatoms. The van der Waals surface area contributed by atoms with Crippen LogP contribution in [0, 0.1) is 0 Å². The van der Waals surface area contributed by atoms with E-state index in [4.69, 9.17) is 27.9 Å². The van der Waals surface area contributed by atoms with E-state index >= 15 is 0 Å². The van der Waals surface area contributed by atoms with E-state index in [9.17, 15) is 4.79 Å². The quantitative estimate of drug-likeness (QED) is 0.548. The van der Waals surface area contributed by atoms with Crippen molar-refractivity contribution in [3.05, 3.63) is 50.6 Å². The van der Waals surface area contributed by atoms with E-state index in [2.05, 4.69) is 0 Å². The first-order valence-electron chi connectivity index (χ1n) is 5.81. The van der Waals surface area contributed by atoms with Crippen molar-refractivity contribution in [2.45, 2.75) is 12.8 Å². The summed E-state index contributed by atoms with van der Waals surface area (Å²) < 4.78 is 5.52. The normalized spacial score (nSPS) is 10.4. The number of ether oxygens (including phenoxy) is 1. The second kappa shape index (κ2) is 6.94. The fourth-order valence-electron chi connectivity index (χ4n) is 1.55.